The van der Waals surface area contributed by atoms with Crippen LogP contribution in [-0.4, -0.2) is 92.5 Å². The van der Waals surface area contributed by atoms with Crippen molar-refractivity contribution >= 4 is 23.6 Å². The number of carbonyl (C=O) groups excluding carboxylic acids is 4. The highest BCUT2D eigenvalue weighted by Gasteiger charge is 2.48. The molecule has 4 amide bonds. The van der Waals surface area contributed by atoms with Gasteiger partial charge in [0.25, 0.3) is 0 Å². The lowest BCUT2D eigenvalue weighted by Crippen LogP contribution is -2.58. The number of nitrogens with one attached hydrogen (secondary N) is 2. The van der Waals surface area contributed by atoms with E-state index in [2.05, 4.69) is 20.7 Å². The summed E-state index contributed by atoms with van der Waals surface area (Å²) in [4.78, 5) is 61.5. The van der Waals surface area contributed by atoms with Gasteiger partial charge in [-0.25, -0.2) is 4.98 Å². The van der Waals surface area contributed by atoms with E-state index in [1.807, 2.05) is 60.7 Å². The highest BCUT2D eigenvalue weighted by atomic mass is 16.2. The molecule has 0 unspecified atom stereocenters. The maximum atomic E-state index is 14.4. The molecule has 6 atom stereocenters. The predicted octanol–water partition coefficient (Wildman–Crippen LogP) is 0.626. The molecule has 226 valence electrons. The second kappa shape index (κ2) is 13.2. The molecule has 0 saturated carbocycles. The van der Waals surface area contributed by atoms with Gasteiger partial charge in [0, 0.05) is 32.0 Å². The molecule has 3 aromatic rings. The van der Waals surface area contributed by atoms with Crippen LogP contribution in [0.25, 0.3) is 0 Å². The molecule has 5 rings (SSSR count). The number of nitrogens with zero attached hydrogens (tertiary/aromatic N) is 5. The average molecular weight is 587 g/mol. The second-order valence-corrected chi connectivity index (χ2v) is 11.3. The number of rotatable bonds is 9. The maximum absolute atomic E-state index is 14.4. The zero-order valence-corrected chi connectivity index (χ0v) is 24.4. The minimum absolute atomic E-state index is 0.0192. The Kier molecular flexibility index (Phi) is 9.15. The van der Waals surface area contributed by atoms with Crippen molar-refractivity contribution in [3.63, 3.8) is 0 Å². The van der Waals surface area contributed by atoms with E-state index in [4.69, 9.17) is 5.73 Å². The van der Waals surface area contributed by atoms with Gasteiger partial charge in [-0.05, 0) is 30.9 Å². The molecule has 2 aliphatic heterocycles. The van der Waals surface area contributed by atoms with E-state index in [0.717, 1.165) is 11.1 Å². The summed E-state index contributed by atoms with van der Waals surface area (Å²) in [7, 11) is 1.56. The highest BCUT2D eigenvalue weighted by molar-refractivity contribution is 5.95. The van der Waals surface area contributed by atoms with Gasteiger partial charge in [-0.3, -0.25) is 23.9 Å². The van der Waals surface area contributed by atoms with Crippen LogP contribution in [0.15, 0.2) is 73.3 Å². The van der Waals surface area contributed by atoms with E-state index in [-0.39, 0.29) is 36.7 Å². The zero-order valence-electron chi connectivity index (χ0n) is 24.4. The van der Waals surface area contributed by atoms with Crippen LogP contribution in [0, 0.1) is 0 Å². The van der Waals surface area contributed by atoms with Crippen molar-refractivity contribution in [3.05, 3.63) is 84.4 Å². The molecule has 0 bridgehead atoms. The Morgan fingerprint density at radius 1 is 0.907 bits per heavy atom. The van der Waals surface area contributed by atoms with Gasteiger partial charge >= 0.3 is 0 Å². The number of carbonyl (C=O) groups is 4. The zero-order chi connectivity index (χ0) is 30.5. The predicted molar refractivity (Wildman–Crippen MR) is 158 cm³/mol. The van der Waals surface area contributed by atoms with Crippen LogP contribution in [0.2, 0.25) is 0 Å². The van der Waals surface area contributed by atoms with E-state index < -0.39 is 36.0 Å². The fourth-order valence-electron chi connectivity index (χ4n) is 6.14. The number of likely N-dealkylation sites (N-methyl/N-ethyl adjacent to an activating group) is 1. The summed E-state index contributed by atoms with van der Waals surface area (Å²) < 4.78 is 1.46. The van der Waals surface area contributed by atoms with Crippen molar-refractivity contribution in [3.8, 4) is 0 Å². The van der Waals surface area contributed by atoms with Crippen molar-refractivity contribution in [2.45, 2.75) is 62.3 Å². The first-order chi connectivity index (χ1) is 20.8. The molecule has 2 fully saturated rings. The Morgan fingerprint density at radius 3 is 2.02 bits per heavy atom. The van der Waals surface area contributed by atoms with Crippen LogP contribution in [0.4, 0.5) is 0 Å². The van der Waals surface area contributed by atoms with E-state index in [9.17, 15) is 19.2 Å². The van der Waals surface area contributed by atoms with E-state index in [1.54, 1.807) is 16.8 Å². The number of amides is 4. The number of benzene rings is 2. The minimum atomic E-state index is -1.03. The highest BCUT2D eigenvalue weighted by Crippen LogP contribution is 2.37. The number of aromatic nitrogens is 3. The third-order valence-corrected chi connectivity index (χ3v) is 8.41. The lowest BCUT2D eigenvalue weighted by molar-refractivity contribution is -0.148. The molecule has 0 spiro atoms. The normalized spacial score (nSPS) is 23.0. The van der Waals surface area contributed by atoms with Crippen molar-refractivity contribution in [2.75, 3.05) is 20.1 Å². The van der Waals surface area contributed by atoms with Gasteiger partial charge < -0.3 is 26.2 Å². The van der Waals surface area contributed by atoms with Crippen molar-refractivity contribution in [2.24, 2.45) is 5.73 Å². The number of hydrogen-bond donors (Lipinski definition) is 3. The fraction of sp³-hybridized carbons (Fsp3) is 0.419. The average Bonchev–Trinajstić information content (AvgIpc) is 3.81. The maximum Gasteiger partial charge on any atom is 0.247 e. The summed E-state index contributed by atoms with van der Waals surface area (Å²) >= 11 is 0. The number of hydrogen-bond acceptors (Lipinski definition) is 7. The standard InChI is InChI=1S/C31H38N8O4/c1-20(32)28(40)36-25(17-37-19-34-18-35-37)30(42)39-16-24(22-11-7-4-8-12-22)14-27(39)31(43)38-15-23(13-26(38)29(41)33-2)21-9-5-3-6-10-21/h3-12,18-20,23-27H,13-17,32H2,1-2H3,(H,33,41)(H,36,40)/t20-,23-,24-,25-,26-,27-/m0/s1. The molecule has 0 aliphatic carbocycles. The van der Waals surface area contributed by atoms with Crippen LogP contribution in [-0.2, 0) is 25.7 Å². The molecule has 0 radical (unpaired) electrons. The van der Waals surface area contributed by atoms with Crippen LogP contribution in [0.3, 0.4) is 0 Å². The fourth-order valence-corrected chi connectivity index (χ4v) is 6.14. The Balaban J connectivity index is 1.46. The van der Waals surface area contributed by atoms with E-state index >= 15 is 0 Å². The Bertz CT molecular complexity index is 1420. The van der Waals surface area contributed by atoms with Crippen molar-refractivity contribution < 1.29 is 19.2 Å². The quantitative estimate of drug-likeness (QED) is 0.332. The summed E-state index contributed by atoms with van der Waals surface area (Å²) in [6.45, 7) is 2.20. The molecule has 12 nitrogen and oxygen atoms in total. The third-order valence-electron chi connectivity index (χ3n) is 8.41. The number of likely N-dealkylation sites (tertiary alicyclic amines) is 2. The first-order valence-corrected chi connectivity index (χ1v) is 14.6. The Hall–Kier alpha value is -4.58. The molecule has 43 heavy (non-hydrogen) atoms. The van der Waals surface area contributed by atoms with Gasteiger partial charge in [0.1, 0.15) is 30.8 Å². The van der Waals surface area contributed by atoms with E-state index in [1.165, 1.54) is 24.3 Å². The molecule has 12 heteroatoms. The smallest absolute Gasteiger partial charge is 0.247 e. The largest absolute Gasteiger partial charge is 0.357 e. The lowest BCUT2D eigenvalue weighted by atomic mass is 9.96. The minimum Gasteiger partial charge on any atom is -0.357 e. The summed E-state index contributed by atoms with van der Waals surface area (Å²) in [6.07, 6.45) is 3.67. The first-order valence-electron chi connectivity index (χ1n) is 14.6. The van der Waals surface area contributed by atoms with Crippen LogP contribution < -0.4 is 16.4 Å². The van der Waals surface area contributed by atoms with Crippen LogP contribution in [0.5, 0.6) is 0 Å². The molecule has 2 aromatic carbocycles. The molecule has 4 N–H and O–H groups in total. The molecular formula is C31H38N8O4. The summed E-state index contributed by atoms with van der Waals surface area (Å²) in [6, 6.07) is 16.2. The molecule has 3 heterocycles. The van der Waals surface area contributed by atoms with Gasteiger partial charge in [0.05, 0.1) is 12.6 Å². The first kappa shape index (κ1) is 29.9. The molecule has 2 aliphatic rings. The molecular weight excluding hydrogens is 548 g/mol. The van der Waals surface area contributed by atoms with Gasteiger partial charge in [-0.1, -0.05) is 60.7 Å². The number of nitrogens with two attached hydrogens (primary N) is 1. The van der Waals surface area contributed by atoms with Gasteiger partial charge in [0.2, 0.25) is 23.6 Å². The topological polar surface area (TPSA) is 156 Å². The van der Waals surface area contributed by atoms with E-state index in [0.29, 0.717) is 19.4 Å². The third kappa shape index (κ3) is 6.59. The van der Waals surface area contributed by atoms with Crippen molar-refractivity contribution in [1.82, 2.24) is 35.2 Å². The molecule has 1 aromatic heterocycles. The van der Waals surface area contributed by atoms with Crippen LogP contribution >= 0.6 is 0 Å². The summed E-state index contributed by atoms with van der Waals surface area (Å²) in [5, 5.41) is 9.56. The Morgan fingerprint density at radius 2 is 1.49 bits per heavy atom. The van der Waals surface area contributed by atoms with Gasteiger partial charge in [0.15, 0.2) is 0 Å². The monoisotopic (exact) mass is 586 g/mol. The van der Waals surface area contributed by atoms with Gasteiger partial charge in [-0.15, -0.1) is 0 Å². The SMILES string of the molecule is CNC(=O)[C@@H]1C[C@H](c2ccccc2)CN1C(=O)[C@@H]1C[C@H](c2ccccc2)CN1C(=O)[C@H](Cn1cncn1)NC(=O)[C@H](C)N. The molecule has 2 saturated heterocycles. The lowest BCUT2D eigenvalue weighted by Gasteiger charge is -2.33. The summed E-state index contributed by atoms with van der Waals surface area (Å²) in [5.74, 6) is -1.57. The Labute approximate surface area is 250 Å². The van der Waals surface area contributed by atoms with Crippen molar-refractivity contribution in [1.29, 1.82) is 0 Å². The van der Waals surface area contributed by atoms with Gasteiger partial charge in [-0.2, -0.15) is 5.10 Å². The summed E-state index contributed by atoms with van der Waals surface area (Å²) in [5.41, 5.74) is 7.88. The second-order valence-electron chi connectivity index (χ2n) is 11.3. The van der Waals surface area contributed by atoms with Crippen LogP contribution in [0.1, 0.15) is 42.7 Å².